The van der Waals surface area contributed by atoms with Crippen LogP contribution in [0, 0.1) is 0 Å². The molecule has 2 amide bonds. The Bertz CT molecular complexity index is 1770. The van der Waals surface area contributed by atoms with Crippen molar-refractivity contribution < 1.29 is 42.4 Å². The Balaban J connectivity index is 0.000000789. The highest BCUT2D eigenvalue weighted by molar-refractivity contribution is 8.14. The summed E-state index contributed by atoms with van der Waals surface area (Å²) in [5, 5.41) is 2.12. The number of imide groups is 1. The summed E-state index contributed by atoms with van der Waals surface area (Å²) in [4.78, 5) is 34.0. The van der Waals surface area contributed by atoms with Gasteiger partial charge in [-0.05, 0) is 50.6 Å². The van der Waals surface area contributed by atoms with Gasteiger partial charge in [-0.2, -0.15) is 0 Å². The molecule has 2 heterocycles. The van der Waals surface area contributed by atoms with E-state index in [1.165, 1.54) is 21.3 Å². The fourth-order valence-corrected chi connectivity index (χ4v) is 4.90. The normalized spacial score (nSPS) is 13.1. The maximum absolute atomic E-state index is 13.8. The first-order valence-electron chi connectivity index (χ1n) is 14.9. The minimum Gasteiger partial charge on any atom is -0.498 e. The van der Waals surface area contributed by atoms with E-state index < -0.39 is 0 Å². The summed E-state index contributed by atoms with van der Waals surface area (Å²) >= 11 is 1.01. The maximum Gasteiger partial charge on any atom is 0.286 e. The number of amides is 2. The van der Waals surface area contributed by atoms with Crippen LogP contribution in [0.25, 0.3) is 22.3 Å². The Morgan fingerprint density at radius 3 is 2.23 bits per heavy atom. The number of thioether (sulfide) groups is 1. The molecule has 4 rings (SSSR count). The Hall–Kier alpha value is -5.10. The maximum atomic E-state index is 13.8. The number of methoxy groups -OCH3 is 4. The SMILES string of the molecule is C=C(C)C(/C=C\C)=C/C=C(\C)OCCCOc1c(-c2ccc(OC)c(OC)c2)oc2cc(OC)cc(OC)c2c1=O.O=C1CSC(=O)N1. The van der Waals surface area contributed by atoms with Gasteiger partial charge in [0, 0.05) is 24.1 Å². The second kappa shape index (κ2) is 18.3. The quantitative estimate of drug-likeness (QED) is 0.105. The van der Waals surface area contributed by atoms with Gasteiger partial charge in [-0.15, -0.1) is 0 Å². The van der Waals surface area contributed by atoms with Gasteiger partial charge >= 0.3 is 0 Å². The molecule has 1 aromatic heterocycles. The van der Waals surface area contributed by atoms with Gasteiger partial charge in [-0.3, -0.25) is 19.7 Å². The molecule has 0 aliphatic carbocycles. The highest BCUT2D eigenvalue weighted by Gasteiger charge is 2.22. The monoisotopic (exact) mass is 679 g/mol. The number of ether oxygens (including phenoxy) is 6. The van der Waals surface area contributed by atoms with E-state index in [0.29, 0.717) is 52.9 Å². The molecule has 12 heteroatoms. The molecule has 3 aromatic rings. The topological polar surface area (TPSA) is 132 Å². The number of hydrogen-bond donors (Lipinski definition) is 1. The fourth-order valence-electron chi connectivity index (χ4n) is 4.38. The molecule has 1 N–H and O–H groups in total. The Morgan fingerprint density at radius 2 is 1.67 bits per heavy atom. The van der Waals surface area contributed by atoms with E-state index >= 15 is 0 Å². The van der Waals surface area contributed by atoms with E-state index in [1.54, 1.807) is 37.4 Å². The van der Waals surface area contributed by atoms with Crippen molar-refractivity contribution in [3.05, 3.63) is 88.3 Å². The van der Waals surface area contributed by atoms with Crippen LogP contribution in [0.2, 0.25) is 0 Å². The third-order valence-corrected chi connectivity index (χ3v) is 7.54. The third-order valence-electron chi connectivity index (χ3n) is 6.77. The molecular weight excluding hydrogens is 638 g/mol. The highest BCUT2D eigenvalue weighted by Crippen LogP contribution is 2.39. The zero-order valence-corrected chi connectivity index (χ0v) is 29.0. The Labute approximate surface area is 284 Å². The van der Waals surface area contributed by atoms with Crippen LogP contribution in [-0.2, 0) is 9.53 Å². The number of rotatable bonds is 14. The third kappa shape index (κ3) is 9.95. The van der Waals surface area contributed by atoms with E-state index in [4.69, 9.17) is 32.8 Å². The van der Waals surface area contributed by atoms with Crippen molar-refractivity contribution in [3.8, 4) is 40.1 Å². The standard InChI is InChI=1S/C33H38O8.C3H3NO2S/c1-9-11-23(21(2)3)13-12-22(4)39-16-10-17-40-33-31(34)30-28(38-8)19-25(35-5)20-29(30)41-32(33)24-14-15-26(36-6)27(18-24)37-7;5-2-1-7-3(6)4-2/h9,11-15,18-20H,2,10,16-17H2,1,3-8H3;1H2,(H,4,5,6)/b11-9-,22-12+,23-13+;. The van der Waals surface area contributed by atoms with Gasteiger partial charge in [0.1, 0.15) is 22.5 Å². The molecular formula is C36H41NO10S. The first-order valence-corrected chi connectivity index (χ1v) is 15.9. The molecule has 0 bridgehead atoms. The van der Waals surface area contributed by atoms with Crippen LogP contribution >= 0.6 is 11.8 Å². The predicted octanol–water partition coefficient (Wildman–Crippen LogP) is 7.23. The zero-order valence-electron chi connectivity index (χ0n) is 28.2. The van der Waals surface area contributed by atoms with Crippen molar-refractivity contribution in [2.75, 3.05) is 47.4 Å². The lowest BCUT2D eigenvalue weighted by molar-refractivity contribution is -0.117. The van der Waals surface area contributed by atoms with Gasteiger partial charge < -0.3 is 32.8 Å². The van der Waals surface area contributed by atoms with Crippen LogP contribution in [0.4, 0.5) is 4.79 Å². The molecule has 0 saturated carbocycles. The van der Waals surface area contributed by atoms with Gasteiger partial charge in [0.15, 0.2) is 17.3 Å². The zero-order chi connectivity index (χ0) is 35.2. The van der Waals surface area contributed by atoms with Crippen molar-refractivity contribution in [2.45, 2.75) is 27.2 Å². The van der Waals surface area contributed by atoms with E-state index in [1.807, 2.05) is 45.1 Å². The number of allylic oxidation sites excluding steroid dienone is 7. The summed E-state index contributed by atoms with van der Waals surface area (Å²) in [6.07, 6.45) is 8.36. The van der Waals surface area contributed by atoms with Crippen molar-refractivity contribution in [3.63, 3.8) is 0 Å². The van der Waals surface area contributed by atoms with E-state index in [0.717, 1.165) is 28.7 Å². The number of nitrogens with one attached hydrogen (secondary N) is 1. The van der Waals surface area contributed by atoms with Crippen LogP contribution in [0.1, 0.15) is 27.2 Å². The first-order chi connectivity index (χ1) is 23.1. The molecule has 256 valence electrons. The Kier molecular flexibility index (Phi) is 14.2. The molecule has 1 fully saturated rings. The minimum atomic E-state index is -0.367. The average Bonchev–Trinajstić information content (AvgIpc) is 3.47. The summed E-state index contributed by atoms with van der Waals surface area (Å²) in [5.74, 6) is 2.99. The minimum absolute atomic E-state index is 0.0563. The predicted molar refractivity (Wildman–Crippen MR) is 188 cm³/mol. The highest BCUT2D eigenvalue weighted by atomic mass is 32.2. The number of carbonyl (C=O) groups excluding carboxylic acids is 2. The van der Waals surface area contributed by atoms with Gasteiger partial charge in [0.05, 0.1) is 53.2 Å². The number of carbonyl (C=O) groups is 2. The lowest BCUT2D eigenvalue weighted by atomic mass is 10.1. The summed E-state index contributed by atoms with van der Waals surface area (Å²) in [6.45, 7) is 10.4. The van der Waals surface area contributed by atoms with Gasteiger partial charge in [-0.25, -0.2) is 0 Å². The summed E-state index contributed by atoms with van der Waals surface area (Å²) < 4.78 is 39.9. The molecule has 0 radical (unpaired) electrons. The van der Waals surface area contributed by atoms with Crippen molar-refractivity contribution in [1.29, 1.82) is 0 Å². The molecule has 1 saturated heterocycles. The molecule has 48 heavy (non-hydrogen) atoms. The van der Waals surface area contributed by atoms with Crippen molar-refractivity contribution >= 4 is 33.9 Å². The molecule has 1 aliphatic heterocycles. The first kappa shape index (κ1) is 37.4. The smallest absolute Gasteiger partial charge is 0.286 e. The molecule has 2 aromatic carbocycles. The molecule has 0 unspecified atom stereocenters. The van der Waals surface area contributed by atoms with Crippen LogP contribution < -0.4 is 34.4 Å². The van der Waals surface area contributed by atoms with E-state index in [-0.39, 0.29) is 40.1 Å². The molecule has 11 nitrogen and oxygen atoms in total. The fraction of sp³-hybridized carbons (Fsp3) is 0.306. The number of fused-ring (bicyclic) bond motifs is 1. The van der Waals surface area contributed by atoms with Crippen LogP contribution in [0.3, 0.4) is 0 Å². The van der Waals surface area contributed by atoms with Crippen LogP contribution in [0.5, 0.6) is 28.7 Å². The lowest BCUT2D eigenvalue weighted by Crippen LogP contribution is -2.18. The number of hydrogen-bond acceptors (Lipinski definition) is 11. The second-order valence-corrected chi connectivity index (χ2v) is 11.2. The lowest BCUT2D eigenvalue weighted by Gasteiger charge is -2.15. The van der Waals surface area contributed by atoms with Gasteiger partial charge in [0.25, 0.3) is 5.24 Å². The molecule has 1 aliphatic rings. The Morgan fingerprint density at radius 1 is 0.938 bits per heavy atom. The number of benzene rings is 2. The summed E-state index contributed by atoms with van der Waals surface area (Å²) in [6, 6.07) is 8.51. The second-order valence-electron chi connectivity index (χ2n) is 10.2. The molecule has 0 spiro atoms. The van der Waals surface area contributed by atoms with Crippen LogP contribution in [0.15, 0.2) is 87.3 Å². The molecule has 0 atom stereocenters. The van der Waals surface area contributed by atoms with Crippen molar-refractivity contribution in [2.24, 2.45) is 0 Å². The van der Waals surface area contributed by atoms with E-state index in [2.05, 4.69) is 11.9 Å². The summed E-state index contributed by atoms with van der Waals surface area (Å²) in [5.41, 5.74) is 2.50. The van der Waals surface area contributed by atoms with Crippen molar-refractivity contribution in [1.82, 2.24) is 5.32 Å². The van der Waals surface area contributed by atoms with E-state index in [9.17, 15) is 14.4 Å². The van der Waals surface area contributed by atoms with Gasteiger partial charge in [0.2, 0.25) is 17.1 Å². The largest absolute Gasteiger partial charge is 0.498 e. The van der Waals surface area contributed by atoms with Gasteiger partial charge in [-0.1, -0.05) is 42.1 Å². The van der Waals surface area contributed by atoms with Crippen LogP contribution in [-0.4, -0.2) is 58.6 Å². The summed E-state index contributed by atoms with van der Waals surface area (Å²) in [7, 11) is 6.11. The average molecular weight is 680 g/mol.